The molecule has 1 heterocycles. The molecule has 0 atom stereocenters. The quantitative estimate of drug-likeness (QED) is 0.748. The van der Waals surface area contributed by atoms with Crippen molar-refractivity contribution < 1.29 is 4.79 Å². The van der Waals surface area contributed by atoms with Gasteiger partial charge in [-0.15, -0.1) is 0 Å². The van der Waals surface area contributed by atoms with E-state index in [1.54, 1.807) is 6.20 Å². The number of amides is 1. The number of carbonyl (C=O) groups is 1. The Kier molecular flexibility index (Phi) is 5.29. The van der Waals surface area contributed by atoms with E-state index in [0.29, 0.717) is 6.54 Å². The highest BCUT2D eigenvalue weighted by atomic mass is 16.1. The first-order chi connectivity index (χ1) is 10.1. The molecule has 0 fully saturated rings. The number of nitrogens with two attached hydrogens (primary N) is 2. The summed E-state index contributed by atoms with van der Waals surface area (Å²) in [5.74, 6) is -0.333. The highest BCUT2D eigenvalue weighted by molar-refractivity contribution is 5.75. The summed E-state index contributed by atoms with van der Waals surface area (Å²) >= 11 is 0. The number of nitrogens with zero attached hydrogens (tertiary/aromatic N) is 2. The molecule has 0 saturated heterocycles. The average molecular weight is 284 g/mol. The summed E-state index contributed by atoms with van der Waals surface area (Å²) in [6.07, 6.45) is 2.54. The van der Waals surface area contributed by atoms with Crippen LogP contribution >= 0.6 is 0 Å². The maximum absolute atomic E-state index is 11.2. The van der Waals surface area contributed by atoms with Gasteiger partial charge in [0.05, 0.1) is 6.54 Å². The lowest BCUT2D eigenvalue weighted by atomic mass is 10.1. The van der Waals surface area contributed by atoms with Gasteiger partial charge in [0.15, 0.2) is 0 Å². The lowest BCUT2D eigenvalue weighted by Gasteiger charge is -2.20. The first-order valence-corrected chi connectivity index (χ1v) is 6.88. The summed E-state index contributed by atoms with van der Waals surface area (Å²) in [6.45, 7) is 1.58. The number of rotatable bonds is 7. The molecule has 2 rings (SSSR count). The standard InChI is InChI=1S/C16H20N4O/c17-14-5-3-4-13(10-14)11-20(12-16(18)21)9-7-15-6-1-2-8-19-15/h1-6,8,10H,7,9,11-12,17H2,(H2,18,21). The Bertz CT molecular complexity index is 586. The van der Waals surface area contributed by atoms with Crippen LogP contribution < -0.4 is 11.5 Å². The van der Waals surface area contributed by atoms with Crippen molar-refractivity contribution in [3.63, 3.8) is 0 Å². The second-order valence-electron chi connectivity index (χ2n) is 4.99. The molecule has 1 aromatic carbocycles. The van der Waals surface area contributed by atoms with Gasteiger partial charge in [0, 0.05) is 37.1 Å². The van der Waals surface area contributed by atoms with Gasteiger partial charge in [0.2, 0.25) is 5.91 Å². The van der Waals surface area contributed by atoms with E-state index in [-0.39, 0.29) is 12.5 Å². The maximum atomic E-state index is 11.2. The zero-order valence-electron chi connectivity index (χ0n) is 11.9. The highest BCUT2D eigenvalue weighted by Gasteiger charge is 2.10. The molecule has 0 bridgehead atoms. The monoisotopic (exact) mass is 284 g/mol. The molecule has 110 valence electrons. The highest BCUT2D eigenvalue weighted by Crippen LogP contribution is 2.10. The first kappa shape index (κ1) is 15.0. The lowest BCUT2D eigenvalue weighted by molar-refractivity contribution is -0.119. The van der Waals surface area contributed by atoms with E-state index in [9.17, 15) is 4.79 Å². The molecule has 4 N–H and O–H groups in total. The first-order valence-electron chi connectivity index (χ1n) is 6.88. The maximum Gasteiger partial charge on any atom is 0.231 e. The van der Waals surface area contributed by atoms with Gasteiger partial charge in [-0.1, -0.05) is 18.2 Å². The lowest BCUT2D eigenvalue weighted by Crippen LogP contribution is -2.34. The van der Waals surface area contributed by atoms with Gasteiger partial charge >= 0.3 is 0 Å². The zero-order chi connectivity index (χ0) is 15.1. The number of anilines is 1. The zero-order valence-corrected chi connectivity index (χ0v) is 11.9. The van der Waals surface area contributed by atoms with Crippen LogP contribution in [0.15, 0.2) is 48.7 Å². The minimum absolute atomic E-state index is 0.224. The second-order valence-corrected chi connectivity index (χ2v) is 4.99. The minimum atomic E-state index is -0.333. The summed E-state index contributed by atoms with van der Waals surface area (Å²) in [5.41, 5.74) is 13.9. The van der Waals surface area contributed by atoms with Gasteiger partial charge in [-0.3, -0.25) is 14.7 Å². The molecule has 0 unspecified atom stereocenters. The summed E-state index contributed by atoms with van der Waals surface area (Å²) in [6, 6.07) is 13.5. The second kappa shape index (κ2) is 7.40. The molecule has 0 aliphatic rings. The Morgan fingerprint density at radius 1 is 1.19 bits per heavy atom. The largest absolute Gasteiger partial charge is 0.399 e. The van der Waals surface area contributed by atoms with Crippen LogP contribution in [0.1, 0.15) is 11.3 Å². The van der Waals surface area contributed by atoms with Crippen LogP contribution in [0.3, 0.4) is 0 Å². The molecule has 0 aliphatic heterocycles. The number of benzene rings is 1. The van der Waals surface area contributed by atoms with Crippen LogP contribution in [0.2, 0.25) is 0 Å². The van der Waals surface area contributed by atoms with E-state index in [4.69, 9.17) is 11.5 Å². The summed E-state index contributed by atoms with van der Waals surface area (Å²) in [4.78, 5) is 17.5. The normalized spacial score (nSPS) is 10.7. The van der Waals surface area contributed by atoms with Gasteiger partial charge in [0.25, 0.3) is 0 Å². The SMILES string of the molecule is NC(=O)CN(CCc1ccccn1)Cc1cccc(N)c1. The summed E-state index contributed by atoms with van der Waals surface area (Å²) < 4.78 is 0. The fourth-order valence-electron chi connectivity index (χ4n) is 2.20. The van der Waals surface area contributed by atoms with E-state index in [1.807, 2.05) is 47.4 Å². The molecule has 5 heteroatoms. The minimum Gasteiger partial charge on any atom is -0.399 e. The Hall–Kier alpha value is -2.40. The molecule has 0 aliphatic carbocycles. The Morgan fingerprint density at radius 3 is 2.71 bits per heavy atom. The van der Waals surface area contributed by atoms with Crippen molar-refractivity contribution in [3.05, 3.63) is 59.9 Å². The molecule has 0 spiro atoms. The average Bonchev–Trinajstić information content (AvgIpc) is 2.45. The molecule has 1 aromatic heterocycles. The van der Waals surface area contributed by atoms with Crippen molar-refractivity contribution in [2.75, 3.05) is 18.8 Å². The van der Waals surface area contributed by atoms with E-state index in [0.717, 1.165) is 29.9 Å². The molecule has 21 heavy (non-hydrogen) atoms. The molecule has 5 nitrogen and oxygen atoms in total. The molecular formula is C16H20N4O. The Balaban J connectivity index is 1.99. The van der Waals surface area contributed by atoms with Gasteiger partial charge in [0.1, 0.15) is 0 Å². The van der Waals surface area contributed by atoms with Crippen molar-refractivity contribution >= 4 is 11.6 Å². The fourth-order valence-corrected chi connectivity index (χ4v) is 2.20. The molecule has 0 saturated carbocycles. The third-order valence-corrected chi connectivity index (χ3v) is 3.15. The molecular weight excluding hydrogens is 264 g/mol. The van der Waals surface area contributed by atoms with Crippen molar-refractivity contribution in [3.8, 4) is 0 Å². The summed E-state index contributed by atoms with van der Waals surface area (Å²) in [5, 5.41) is 0. The number of hydrogen-bond donors (Lipinski definition) is 2. The van der Waals surface area contributed by atoms with Crippen molar-refractivity contribution in [1.29, 1.82) is 0 Å². The molecule has 2 aromatic rings. The predicted molar refractivity (Wildman–Crippen MR) is 83.3 cm³/mol. The molecule has 0 radical (unpaired) electrons. The Morgan fingerprint density at radius 2 is 2.05 bits per heavy atom. The number of primary amides is 1. The van der Waals surface area contributed by atoms with Crippen LogP contribution in [0.4, 0.5) is 5.69 Å². The van der Waals surface area contributed by atoms with E-state index >= 15 is 0 Å². The fraction of sp³-hybridized carbons (Fsp3) is 0.250. The van der Waals surface area contributed by atoms with Gasteiger partial charge in [-0.05, 0) is 29.8 Å². The summed E-state index contributed by atoms with van der Waals surface area (Å²) in [7, 11) is 0. The number of hydrogen-bond acceptors (Lipinski definition) is 4. The van der Waals surface area contributed by atoms with Crippen molar-refractivity contribution in [2.24, 2.45) is 5.73 Å². The van der Waals surface area contributed by atoms with Gasteiger partial charge in [-0.25, -0.2) is 0 Å². The van der Waals surface area contributed by atoms with Crippen LogP contribution in [0.25, 0.3) is 0 Å². The smallest absolute Gasteiger partial charge is 0.231 e. The van der Waals surface area contributed by atoms with Gasteiger partial charge in [-0.2, -0.15) is 0 Å². The van der Waals surface area contributed by atoms with Crippen LogP contribution in [-0.4, -0.2) is 28.9 Å². The van der Waals surface area contributed by atoms with Crippen LogP contribution in [0, 0.1) is 0 Å². The van der Waals surface area contributed by atoms with Crippen LogP contribution in [0.5, 0.6) is 0 Å². The van der Waals surface area contributed by atoms with E-state index in [2.05, 4.69) is 4.98 Å². The van der Waals surface area contributed by atoms with E-state index < -0.39 is 0 Å². The molecule has 1 amide bonds. The van der Waals surface area contributed by atoms with Crippen molar-refractivity contribution in [1.82, 2.24) is 9.88 Å². The third-order valence-electron chi connectivity index (χ3n) is 3.15. The Labute approximate surface area is 124 Å². The number of carbonyl (C=O) groups excluding carboxylic acids is 1. The predicted octanol–water partition coefficient (Wildman–Crippen LogP) is 1.19. The van der Waals surface area contributed by atoms with Gasteiger partial charge < -0.3 is 11.5 Å². The van der Waals surface area contributed by atoms with Crippen LogP contribution in [-0.2, 0) is 17.8 Å². The van der Waals surface area contributed by atoms with E-state index in [1.165, 1.54) is 0 Å². The topological polar surface area (TPSA) is 85.2 Å². The number of nitrogen functional groups attached to an aromatic ring is 1. The third kappa shape index (κ3) is 5.24. The number of aromatic nitrogens is 1. The number of pyridine rings is 1. The van der Waals surface area contributed by atoms with Crippen molar-refractivity contribution in [2.45, 2.75) is 13.0 Å².